The average Bonchev–Trinajstić information content (AvgIpc) is 2.68. The molecule has 0 aromatic heterocycles. The van der Waals surface area contributed by atoms with Crippen molar-refractivity contribution in [3.8, 4) is 0 Å². The molecule has 0 saturated carbocycles. The van der Waals surface area contributed by atoms with Crippen LogP contribution in [0.4, 0.5) is 4.39 Å². The Morgan fingerprint density at radius 1 is 1.21 bits per heavy atom. The Kier molecular flexibility index (Phi) is 8.65. The molecule has 0 fully saturated rings. The van der Waals surface area contributed by atoms with Crippen molar-refractivity contribution in [1.29, 1.82) is 0 Å². The maximum absolute atomic E-state index is 14.2. The second-order valence-electron chi connectivity index (χ2n) is 7.02. The Bertz CT molecular complexity index is 857. The molecule has 4 nitrogen and oxygen atoms in total. The summed E-state index contributed by atoms with van der Waals surface area (Å²) in [6.45, 7) is 5.78. The van der Waals surface area contributed by atoms with Crippen molar-refractivity contribution < 1.29 is 14.0 Å². The fourth-order valence-corrected chi connectivity index (χ4v) is 3.51. The van der Waals surface area contributed by atoms with Gasteiger partial charge in [0.2, 0.25) is 11.8 Å². The third kappa shape index (κ3) is 6.54. The van der Waals surface area contributed by atoms with Crippen molar-refractivity contribution in [3.63, 3.8) is 0 Å². The number of rotatable bonds is 8. The van der Waals surface area contributed by atoms with Gasteiger partial charge in [0.15, 0.2) is 0 Å². The number of nitrogens with zero attached hydrogens (tertiary/aromatic N) is 1. The number of carbonyl (C=O) groups is 2. The standard InChI is InChI=1S/C22H25BrClFN2O2/c1-4-14(2)26-22(29)15(3)27(13-16-7-5-8-17(23)11-16)21(28)12-18-19(24)9-6-10-20(18)25/h5-11,14-15H,4,12-13H2,1-3H3,(H,26,29)/t14-,15-/m1/s1. The molecule has 7 heteroatoms. The van der Waals surface area contributed by atoms with Crippen LogP contribution in [0.1, 0.15) is 38.3 Å². The summed E-state index contributed by atoms with van der Waals surface area (Å²) in [5.41, 5.74) is 0.989. The van der Waals surface area contributed by atoms with E-state index in [0.717, 1.165) is 16.5 Å². The van der Waals surface area contributed by atoms with Gasteiger partial charge in [-0.1, -0.05) is 52.7 Å². The first-order chi connectivity index (χ1) is 13.7. The fourth-order valence-electron chi connectivity index (χ4n) is 2.83. The lowest BCUT2D eigenvalue weighted by Crippen LogP contribution is -2.50. The molecule has 29 heavy (non-hydrogen) atoms. The van der Waals surface area contributed by atoms with Crippen LogP contribution in [-0.2, 0) is 22.6 Å². The lowest BCUT2D eigenvalue weighted by atomic mass is 10.1. The maximum atomic E-state index is 14.2. The Labute approximate surface area is 184 Å². The zero-order valence-electron chi connectivity index (χ0n) is 16.7. The molecule has 1 N–H and O–H groups in total. The monoisotopic (exact) mass is 482 g/mol. The third-order valence-electron chi connectivity index (χ3n) is 4.80. The first-order valence-corrected chi connectivity index (χ1v) is 10.7. The normalized spacial score (nSPS) is 12.9. The minimum Gasteiger partial charge on any atom is -0.352 e. The van der Waals surface area contributed by atoms with Crippen LogP contribution in [0.25, 0.3) is 0 Å². The van der Waals surface area contributed by atoms with Crippen LogP contribution >= 0.6 is 27.5 Å². The van der Waals surface area contributed by atoms with Gasteiger partial charge in [-0.05, 0) is 50.1 Å². The van der Waals surface area contributed by atoms with Crippen molar-refractivity contribution in [2.45, 2.75) is 52.2 Å². The summed E-state index contributed by atoms with van der Waals surface area (Å²) in [6.07, 6.45) is 0.559. The Morgan fingerprint density at radius 2 is 1.90 bits per heavy atom. The van der Waals surface area contributed by atoms with Crippen molar-refractivity contribution >= 4 is 39.3 Å². The maximum Gasteiger partial charge on any atom is 0.242 e. The molecule has 0 heterocycles. The summed E-state index contributed by atoms with van der Waals surface area (Å²) >= 11 is 9.51. The van der Waals surface area contributed by atoms with Gasteiger partial charge in [-0.25, -0.2) is 4.39 Å². The van der Waals surface area contributed by atoms with Crippen molar-refractivity contribution in [1.82, 2.24) is 10.2 Å². The molecule has 0 aliphatic carbocycles. The van der Waals surface area contributed by atoms with Gasteiger partial charge in [0.25, 0.3) is 0 Å². The zero-order valence-corrected chi connectivity index (χ0v) is 19.1. The summed E-state index contributed by atoms with van der Waals surface area (Å²) in [7, 11) is 0. The minimum atomic E-state index is -0.721. The van der Waals surface area contributed by atoms with Crippen molar-refractivity contribution in [2.24, 2.45) is 0 Å². The van der Waals surface area contributed by atoms with Crippen molar-refractivity contribution in [3.05, 3.63) is 68.9 Å². The molecule has 2 atom stereocenters. The largest absolute Gasteiger partial charge is 0.352 e. The van der Waals surface area contributed by atoms with E-state index >= 15 is 0 Å². The van der Waals surface area contributed by atoms with Gasteiger partial charge >= 0.3 is 0 Å². The van der Waals surface area contributed by atoms with E-state index in [9.17, 15) is 14.0 Å². The molecular weight excluding hydrogens is 459 g/mol. The lowest BCUT2D eigenvalue weighted by Gasteiger charge is -2.30. The second kappa shape index (κ2) is 10.7. The number of halogens is 3. The highest BCUT2D eigenvalue weighted by Crippen LogP contribution is 2.22. The van der Waals surface area contributed by atoms with Gasteiger partial charge in [0, 0.05) is 27.6 Å². The van der Waals surface area contributed by atoms with Gasteiger partial charge in [-0.15, -0.1) is 0 Å². The van der Waals surface area contributed by atoms with Gasteiger partial charge in [-0.3, -0.25) is 9.59 Å². The van der Waals surface area contributed by atoms with Gasteiger partial charge in [-0.2, -0.15) is 0 Å². The van der Waals surface area contributed by atoms with Gasteiger partial charge in [0.05, 0.1) is 6.42 Å². The average molecular weight is 484 g/mol. The fraction of sp³-hybridized carbons (Fsp3) is 0.364. The molecular formula is C22H25BrClFN2O2. The summed E-state index contributed by atoms with van der Waals surface area (Å²) in [5.74, 6) is -1.16. The summed E-state index contributed by atoms with van der Waals surface area (Å²) in [5, 5.41) is 3.10. The van der Waals surface area contributed by atoms with Crippen LogP contribution in [-0.4, -0.2) is 28.8 Å². The molecule has 0 aliphatic heterocycles. The molecule has 0 bridgehead atoms. The number of nitrogens with one attached hydrogen (secondary N) is 1. The SMILES string of the molecule is CC[C@@H](C)NC(=O)[C@@H](C)N(Cc1cccc(Br)c1)C(=O)Cc1c(F)cccc1Cl. The highest BCUT2D eigenvalue weighted by atomic mass is 79.9. The zero-order chi connectivity index (χ0) is 21.6. The molecule has 2 aromatic carbocycles. The minimum absolute atomic E-state index is 0.00576. The molecule has 2 rings (SSSR count). The van der Waals surface area contributed by atoms with Crippen LogP contribution in [0.5, 0.6) is 0 Å². The van der Waals surface area contributed by atoms with E-state index in [4.69, 9.17) is 11.6 Å². The predicted molar refractivity (Wildman–Crippen MR) is 117 cm³/mol. The van der Waals surface area contributed by atoms with E-state index in [2.05, 4.69) is 21.2 Å². The lowest BCUT2D eigenvalue weighted by molar-refractivity contribution is -0.140. The van der Waals surface area contributed by atoms with E-state index in [1.165, 1.54) is 17.0 Å². The molecule has 0 spiro atoms. The summed E-state index contributed by atoms with van der Waals surface area (Å²) in [4.78, 5) is 27.3. The number of amides is 2. The molecule has 0 radical (unpaired) electrons. The third-order valence-corrected chi connectivity index (χ3v) is 5.65. The first-order valence-electron chi connectivity index (χ1n) is 9.50. The molecule has 156 valence electrons. The molecule has 0 unspecified atom stereocenters. The number of carbonyl (C=O) groups excluding carboxylic acids is 2. The number of hydrogen-bond acceptors (Lipinski definition) is 2. The molecule has 2 aromatic rings. The van der Waals surface area contributed by atoms with E-state index in [-0.39, 0.29) is 41.4 Å². The van der Waals surface area contributed by atoms with E-state index in [1.807, 2.05) is 38.1 Å². The van der Waals surface area contributed by atoms with Gasteiger partial charge in [0.1, 0.15) is 11.9 Å². The Hall–Kier alpha value is -1.92. The summed E-state index contributed by atoms with van der Waals surface area (Å²) < 4.78 is 15.1. The topological polar surface area (TPSA) is 49.4 Å². The Balaban J connectivity index is 2.29. The summed E-state index contributed by atoms with van der Waals surface area (Å²) in [6, 6.07) is 11.1. The number of hydrogen-bond donors (Lipinski definition) is 1. The van der Waals surface area contributed by atoms with Crippen LogP contribution in [0.15, 0.2) is 46.9 Å². The smallest absolute Gasteiger partial charge is 0.242 e. The Morgan fingerprint density at radius 3 is 2.52 bits per heavy atom. The van der Waals surface area contributed by atoms with Crippen LogP contribution in [0, 0.1) is 5.82 Å². The van der Waals surface area contributed by atoms with E-state index < -0.39 is 11.9 Å². The van der Waals surface area contributed by atoms with Gasteiger partial charge < -0.3 is 10.2 Å². The van der Waals surface area contributed by atoms with E-state index in [1.54, 1.807) is 13.0 Å². The number of benzene rings is 2. The molecule has 2 amide bonds. The second-order valence-corrected chi connectivity index (χ2v) is 8.35. The molecule has 0 saturated heterocycles. The van der Waals surface area contributed by atoms with Crippen LogP contribution < -0.4 is 5.32 Å². The quantitative estimate of drug-likeness (QED) is 0.567. The first kappa shape index (κ1) is 23.4. The van der Waals surface area contributed by atoms with Crippen LogP contribution in [0.3, 0.4) is 0 Å². The highest BCUT2D eigenvalue weighted by Gasteiger charge is 2.28. The van der Waals surface area contributed by atoms with E-state index in [0.29, 0.717) is 0 Å². The van der Waals surface area contributed by atoms with Crippen LogP contribution in [0.2, 0.25) is 5.02 Å². The molecule has 0 aliphatic rings. The highest BCUT2D eigenvalue weighted by molar-refractivity contribution is 9.10. The predicted octanol–water partition coefficient (Wildman–Crippen LogP) is 5.12. The van der Waals surface area contributed by atoms with Crippen molar-refractivity contribution in [2.75, 3.05) is 0 Å².